The van der Waals surface area contributed by atoms with Crippen LogP contribution in [-0.2, 0) is 5.41 Å². The minimum atomic E-state index is 0.258. The van der Waals surface area contributed by atoms with Gasteiger partial charge in [0.1, 0.15) is 0 Å². The standard InChI is InChI=1S/C13H22BrNS/c1-9(2)15-7-6-13(4,5)11-8-12(14)16-10(11)3/h8-9,15H,6-7H2,1-5H3. The van der Waals surface area contributed by atoms with E-state index in [9.17, 15) is 0 Å². The first kappa shape index (κ1) is 14.2. The highest BCUT2D eigenvalue weighted by molar-refractivity contribution is 9.11. The normalized spacial score (nSPS) is 12.4. The van der Waals surface area contributed by atoms with Crippen molar-refractivity contribution in [1.29, 1.82) is 0 Å². The Bertz CT molecular complexity index is 342. The Morgan fingerprint density at radius 1 is 1.44 bits per heavy atom. The van der Waals surface area contributed by atoms with Crippen LogP contribution >= 0.6 is 27.3 Å². The van der Waals surface area contributed by atoms with Crippen LogP contribution < -0.4 is 5.32 Å². The fraction of sp³-hybridized carbons (Fsp3) is 0.692. The van der Waals surface area contributed by atoms with Gasteiger partial charge in [-0.15, -0.1) is 11.3 Å². The summed E-state index contributed by atoms with van der Waals surface area (Å²) in [5.41, 5.74) is 1.74. The quantitative estimate of drug-likeness (QED) is 0.845. The largest absolute Gasteiger partial charge is 0.315 e. The van der Waals surface area contributed by atoms with Crippen LogP contribution in [-0.4, -0.2) is 12.6 Å². The van der Waals surface area contributed by atoms with Gasteiger partial charge in [0.25, 0.3) is 0 Å². The van der Waals surface area contributed by atoms with Gasteiger partial charge in [-0.3, -0.25) is 0 Å². The zero-order chi connectivity index (χ0) is 12.3. The first-order valence-electron chi connectivity index (χ1n) is 5.83. The lowest BCUT2D eigenvalue weighted by molar-refractivity contribution is 0.441. The molecule has 0 saturated heterocycles. The monoisotopic (exact) mass is 303 g/mol. The SMILES string of the molecule is Cc1sc(Br)cc1C(C)(C)CCNC(C)C. The zero-order valence-electron chi connectivity index (χ0n) is 10.9. The molecule has 0 unspecified atom stereocenters. The third-order valence-electron chi connectivity index (χ3n) is 2.92. The van der Waals surface area contributed by atoms with Crippen molar-refractivity contribution in [3.8, 4) is 0 Å². The van der Waals surface area contributed by atoms with Crippen molar-refractivity contribution >= 4 is 27.3 Å². The number of halogens is 1. The highest BCUT2D eigenvalue weighted by atomic mass is 79.9. The molecule has 0 amide bonds. The average Bonchev–Trinajstić information content (AvgIpc) is 2.44. The topological polar surface area (TPSA) is 12.0 Å². The molecule has 3 heteroatoms. The molecule has 92 valence electrons. The summed E-state index contributed by atoms with van der Waals surface area (Å²) < 4.78 is 1.24. The summed E-state index contributed by atoms with van der Waals surface area (Å²) >= 11 is 5.40. The minimum Gasteiger partial charge on any atom is -0.315 e. The van der Waals surface area contributed by atoms with E-state index >= 15 is 0 Å². The number of aryl methyl sites for hydroxylation is 1. The molecule has 1 nitrogen and oxygen atoms in total. The first-order valence-corrected chi connectivity index (χ1v) is 7.43. The van der Waals surface area contributed by atoms with Gasteiger partial charge >= 0.3 is 0 Å². The second kappa shape index (κ2) is 5.65. The predicted octanol–water partition coefficient (Wildman–Crippen LogP) is 4.48. The highest BCUT2D eigenvalue weighted by Crippen LogP contribution is 2.36. The van der Waals surface area contributed by atoms with Gasteiger partial charge in [0.2, 0.25) is 0 Å². The molecule has 1 aromatic rings. The Hall–Kier alpha value is 0.140. The van der Waals surface area contributed by atoms with E-state index in [0.717, 1.165) is 6.54 Å². The molecular formula is C13H22BrNS. The Balaban J connectivity index is 2.66. The second-order valence-corrected chi connectivity index (χ2v) is 7.90. The van der Waals surface area contributed by atoms with Gasteiger partial charge in [-0.2, -0.15) is 0 Å². The summed E-state index contributed by atoms with van der Waals surface area (Å²) in [7, 11) is 0. The second-order valence-electron chi connectivity index (χ2n) is 5.26. The molecule has 1 aromatic heterocycles. The van der Waals surface area contributed by atoms with E-state index in [4.69, 9.17) is 0 Å². The smallest absolute Gasteiger partial charge is 0.0704 e. The van der Waals surface area contributed by atoms with Crippen LogP contribution in [0, 0.1) is 6.92 Å². The van der Waals surface area contributed by atoms with Crippen molar-refractivity contribution < 1.29 is 0 Å². The van der Waals surface area contributed by atoms with E-state index < -0.39 is 0 Å². The van der Waals surface area contributed by atoms with E-state index in [2.05, 4.69) is 61.9 Å². The molecule has 16 heavy (non-hydrogen) atoms. The minimum absolute atomic E-state index is 0.258. The van der Waals surface area contributed by atoms with Gasteiger partial charge in [-0.25, -0.2) is 0 Å². The van der Waals surface area contributed by atoms with Gasteiger partial charge in [0.05, 0.1) is 3.79 Å². The zero-order valence-corrected chi connectivity index (χ0v) is 13.3. The third-order valence-corrected chi connectivity index (χ3v) is 4.47. The summed E-state index contributed by atoms with van der Waals surface area (Å²) in [4.78, 5) is 1.43. The molecule has 1 heterocycles. The molecule has 0 spiro atoms. The van der Waals surface area contributed by atoms with Crippen molar-refractivity contribution in [3.05, 3.63) is 20.3 Å². The van der Waals surface area contributed by atoms with Gasteiger partial charge < -0.3 is 5.32 Å². The van der Waals surface area contributed by atoms with E-state index in [0.29, 0.717) is 6.04 Å². The first-order chi connectivity index (χ1) is 7.33. The van der Waals surface area contributed by atoms with Crippen LogP contribution in [0.3, 0.4) is 0 Å². The number of hydrogen-bond acceptors (Lipinski definition) is 2. The van der Waals surface area contributed by atoms with E-state index in [1.54, 1.807) is 0 Å². The Morgan fingerprint density at radius 2 is 2.06 bits per heavy atom. The summed E-state index contributed by atoms with van der Waals surface area (Å²) in [6, 6.07) is 2.85. The fourth-order valence-corrected chi connectivity index (χ4v) is 3.80. The molecule has 0 aliphatic rings. The molecule has 0 saturated carbocycles. The Labute approximate surface area is 112 Å². The summed E-state index contributed by atoms with van der Waals surface area (Å²) in [6.45, 7) is 12.3. The molecule has 0 atom stereocenters. The lowest BCUT2D eigenvalue weighted by atomic mass is 9.82. The number of rotatable bonds is 5. The van der Waals surface area contributed by atoms with Crippen molar-refractivity contribution in [2.75, 3.05) is 6.54 Å². The maximum absolute atomic E-state index is 3.57. The van der Waals surface area contributed by atoms with Crippen molar-refractivity contribution in [1.82, 2.24) is 5.32 Å². The summed E-state index contributed by atoms with van der Waals surface area (Å²) in [5.74, 6) is 0. The molecule has 0 aromatic carbocycles. The maximum Gasteiger partial charge on any atom is 0.0704 e. The summed E-state index contributed by atoms with van der Waals surface area (Å²) in [5, 5.41) is 3.49. The van der Waals surface area contributed by atoms with Crippen molar-refractivity contribution in [2.45, 2.75) is 52.5 Å². The lowest BCUT2D eigenvalue weighted by Gasteiger charge is -2.25. The molecular weight excluding hydrogens is 282 g/mol. The molecule has 0 fully saturated rings. The highest BCUT2D eigenvalue weighted by Gasteiger charge is 2.23. The van der Waals surface area contributed by atoms with E-state index in [1.165, 1.54) is 20.6 Å². The van der Waals surface area contributed by atoms with E-state index in [1.807, 2.05) is 11.3 Å². The van der Waals surface area contributed by atoms with Crippen molar-refractivity contribution in [2.24, 2.45) is 0 Å². The third kappa shape index (κ3) is 3.86. The van der Waals surface area contributed by atoms with Gasteiger partial charge in [0.15, 0.2) is 0 Å². The lowest BCUT2D eigenvalue weighted by Crippen LogP contribution is -2.29. The molecule has 0 bridgehead atoms. The van der Waals surface area contributed by atoms with Crippen LogP contribution in [0.2, 0.25) is 0 Å². The Kier molecular flexibility index (Phi) is 5.02. The molecule has 0 aliphatic heterocycles. The van der Waals surface area contributed by atoms with Crippen molar-refractivity contribution in [3.63, 3.8) is 0 Å². The fourth-order valence-electron chi connectivity index (χ4n) is 1.93. The number of nitrogens with one attached hydrogen (secondary N) is 1. The number of thiophene rings is 1. The molecule has 0 radical (unpaired) electrons. The van der Waals surface area contributed by atoms with Crippen LogP contribution in [0.4, 0.5) is 0 Å². The molecule has 1 rings (SSSR count). The molecule has 1 N–H and O–H groups in total. The van der Waals surface area contributed by atoms with Crippen LogP contribution in [0.25, 0.3) is 0 Å². The van der Waals surface area contributed by atoms with Gasteiger partial charge in [0, 0.05) is 10.9 Å². The maximum atomic E-state index is 3.57. The Morgan fingerprint density at radius 3 is 2.50 bits per heavy atom. The van der Waals surface area contributed by atoms with Gasteiger partial charge in [-0.1, -0.05) is 27.7 Å². The molecule has 0 aliphatic carbocycles. The van der Waals surface area contributed by atoms with Crippen LogP contribution in [0.5, 0.6) is 0 Å². The number of hydrogen-bond donors (Lipinski definition) is 1. The van der Waals surface area contributed by atoms with Gasteiger partial charge in [-0.05, 0) is 52.9 Å². The van der Waals surface area contributed by atoms with Crippen LogP contribution in [0.15, 0.2) is 9.85 Å². The van der Waals surface area contributed by atoms with Crippen LogP contribution in [0.1, 0.15) is 44.6 Å². The average molecular weight is 304 g/mol. The predicted molar refractivity (Wildman–Crippen MR) is 77.5 cm³/mol. The summed E-state index contributed by atoms with van der Waals surface area (Å²) in [6.07, 6.45) is 1.18. The van der Waals surface area contributed by atoms with E-state index in [-0.39, 0.29) is 5.41 Å².